The normalized spacial score (nSPS) is 19.4. The van der Waals surface area contributed by atoms with E-state index in [1.807, 2.05) is 29.2 Å². The number of halogens is 1. The summed E-state index contributed by atoms with van der Waals surface area (Å²) in [5.74, 6) is 1.18. The van der Waals surface area contributed by atoms with Crippen molar-refractivity contribution < 1.29 is 13.9 Å². The average molecular weight is 398 g/mol. The van der Waals surface area contributed by atoms with Gasteiger partial charge >= 0.3 is 0 Å². The number of aliphatic imine (C=N–C) groups is 2. The number of methoxy groups -OCH3 is 1. The summed E-state index contributed by atoms with van der Waals surface area (Å²) in [4.78, 5) is 13.0. The Labute approximate surface area is 168 Å². The van der Waals surface area contributed by atoms with Crippen molar-refractivity contribution in [3.05, 3.63) is 54.3 Å². The molecule has 0 radical (unpaired) electrons. The monoisotopic (exact) mass is 398 g/mol. The van der Waals surface area contributed by atoms with Gasteiger partial charge in [0.05, 0.1) is 26.0 Å². The fourth-order valence-corrected chi connectivity index (χ4v) is 3.31. The molecule has 1 unspecified atom stereocenters. The predicted octanol–water partition coefficient (Wildman–Crippen LogP) is 2.05. The molecule has 0 saturated carbocycles. The lowest BCUT2D eigenvalue weighted by molar-refractivity contribution is 0.0671. The van der Waals surface area contributed by atoms with Gasteiger partial charge in [0.1, 0.15) is 11.6 Å². The minimum absolute atomic E-state index is 0.152. The Morgan fingerprint density at radius 2 is 1.97 bits per heavy atom. The van der Waals surface area contributed by atoms with Gasteiger partial charge < -0.3 is 25.4 Å². The highest BCUT2D eigenvalue weighted by Crippen LogP contribution is 2.27. The third-order valence-electron chi connectivity index (χ3n) is 4.67. The first-order valence-electron chi connectivity index (χ1n) is 9.34. The van der Waals surface area contributed by atoms with Gasteiger partial charge in [0.25, 0.3) is 0 Å². The van der Waals surface area contributed by atoms with E-state index in [0.29, 0.717) is 43.7 Å². The van der Waals surface area contributed by atoms with Crippen molar-refractivity contribution in [3.63, 3.8) is 0 Å². The van der Waals surface area contributed by atoms with Crippen LogP contribution in [0.15, 0.2) is 58.5 Å². The van der Waals surface area contributed by atoms with Crippen molar-refractivity contribution in [1.82, 2.24) is 4.90 Å². The maximum absolute atomic E-state index is 13.7. The summed E-state index contributed by atoms with van der Waals surface area (Å²) in [6.07, 6.45) is -0.612. The number of rotatable bonds is 4. The molecule has 1 saturated heterocycles. The van der Waals surface area contributed by atoms with Crippen LogP contribution in [0, 0.1) is 5.82 Å². The molecule has 3 N–H and O–H groups in total. The second-order valence-corrected chi connectivity index (χ2v) is 6.60. The van der Waals surface area contributed by atoms with Crippen LogP contribution >= 0.6 is 0 Å². The highest BCUT2D eigenvalue weighted by atomic mass is 19.1. The minimum Gasteiger partial charge on any atom is -0.497 e. The molecule has 2 aromatic carbocycles. The number of ether oxygens (including phenoxy) is 2. The summed E-state index contributed by atoms with van der Waals surface area (Å²) in [7, 11) is 1.62. The molecule has 1 fully saturated rings. The molecule has 0 bridgehead atoms. The van der Waals surface area contributed by atoms with Crippen molar-refractivity contribution >= 4 is 23.3 Å². The highest BCUT2D eigenvalue weighted by molar-refractivity contribution is 6.06. The molecule has 2 aromatic rings. The van der Waals surface area contributed by atoms with E-state index in [0.717, 1.165) is 5.69 Å². The van der Waals surface area contributed by atoms with Gasteiger partial charge in [-0.05, 0) is 30.3 Å². The Kier molecular flexibility index (Phi) is 5.48. The van der Waals surface area contributed by atoms with Crippen LogP contribution in [0.25, 0.3) is 0 Å². The Hall–Kier alpha value is -3.33. The summed E-state index contributed by atoms with van der Waals surface area (Å²) in [6, 6.07) is 13.8. The number of morpholine rings is 1. The third kappa shape index (κ3) is 4.24. The zero-order valence-electron chi connectivity index (χ0n) is 16.1. The predicted molar refractivity (Wildman–Crippen MR) is 111 cm³/mol. The van der Waals surface area contributed by atoms with Crippen LogP contribution in [-0.4, -0.2) is 56.5 Å². The molecule has 1 atom stereocenters. The molecule has 29 heavy (non-hydrogen) atoms. The molecule has 0 spiro atoms. The lowest BCUT2D eigenvalue weighted by atomic mass is 10.2. The number of nitrogens with zero attached hydrogens (tertiary/aromatic N) is 4. The number of nitrogens with one attached hydrogen (secondary N) is 1. The van der Waals surface area contributed by atoms with Gasteiger partial charge in [-0.25, -0.2) is 9.38 Å². The lowest BCUT2D eigenvalue weighted by Crippen LogP contribution is -2.57. The van der Waals surface area contributed by atoms with E-state index in [1.165, 1.54) is 12.1 Å². The SMILES string of the molecule is COc1cccc(N2C(N3CCOCC3)=NC(N)=NC2Nc2cccc(F)c2)c1. The molecule has 8 nitrogen and oxygen atoms in total. The van der Waals surface area contributed by atoms with E-state index in [2.05, 4.69) is 20.2 Å². The molecule has 2 heterocycles. The maximum atomic E-state index is 13.7. The molecule has 0 aromatic heterocycles. The van der Waals surface area contributed by atoms with Gasteiger partial charge in [0.15, 0.2) is 0 Å². The van der Waals surface area contributed by atoms with Crippen LogP contribution in [0.1, 0.15) is 0 Å². The number of anilines is 2. The largest absolute Gasteiger partial charge is 0.497 e. The molecule has 0 aliphatic carbocycles. The van der Waals surface area contributed by atoms with E-state index in [4.69, 9.17) is 15.2 Å². The summed E-state index contributed by atoms with van der Waals surface area (Å²) in [6.45, 7) is 2.56. The Morgan fingerprint density at radius 1 is 1.17 bits per heavy atom. The summed E-state index contributed by atoms with van der Waals surface area (Å²) in [5, 5.41) is 3.25. The topological polar surface area (TPSA) is 87.7 Å². The van der Waals surface area contributed by atoms with Gasteiger partial charge in [-0.2, -0.15) is 4.99 Å². The molecule has 0 amide bonds. The number of benzene rings is 2. The van der Waals surface area contributed by atoms with Gasteiger partial charge in [0.2, 0.25) is 18.2 Å². The lowest BCUT2D eigenvalue weighted by Gasteiger charge is -2.41. The summed E-state index contributed by atoms with van der Waals surface area (Å²) < 4.78 is 24.6. The molecule has 2 aliphatic heterocycles. The summed E-state index contributed by atoms with van der Waals surface area (Å²) >= 11 is 0. The van der Waals surface area contributed by atoms with Crippen LogP contribution in [0.5, 0.6) is 5.75 Å². The first-order valence-corrected chi connectivity index (χ1v) is 9.34. The quantitative estimate of drug-likeness (QED) is 0.820. The second kappa shape index (κ2) is 8.36. The van der Waals surface area contributed by atoms with Gasteiger partial charge in [0, 0.05) is 24.8 Å². The van der Waals surface area contributed by atoms with Crippen molar-refractivity contribution in [1.29, 1.82) is 0 Å². The molecule has 4 rings (SSSR count). The minimum atomic E-state index is -0.612. The van der Waals surface area contributed by atoms with Crippen LogP contribution in [0.2, 0.25) is 0 Å². The average Bonchev–Trinajstić information content (AvgIpc) is 2.74. The van der Waals surface area contributed by atoms with Gasteiger partial charge in [-0.15, -0.1) is 0 Å². The highest BCUT2D eigenvalue weighted by Gasteiger charge is 2.32. The van der Waals surface area contributed by atoms with Crippen molar-refractivity contribution in [2.75, 3.05) is 43.6 Å². The first-order chi connectivity index (χ1) is 14.1. The molecule has 9 heteroatoms. The fraction of sp³-hybridized carbons (Fsp3) is 0.300. The molecular weight excluding hydrogens is 375 g/mol. The zero-order chi connectivity index (χ0) is 20.2. The van der Waals surface area contributed by atoms with Crippen LogP contribution in [-0.2, 0) is 4.74 Å². The summed E-state index contributed by atoms with van der Waals surface area (Å²) in [5.41, 5.74) is 7.45. The van der Waals surface area contributed by atoms with Gasteiger partial charge in [-0.1, -0.05) is 12.1 Å². The number of hydrogen-bond acceptors (Lipinski definition) is 8. The van der Waals surface area contributed by atoms with E-state index >= 15 is 0 Å². The Morgan fingerprint density at radius 3 is 2.72 bits per heavy atom. The number of guanidine groups is 2. The smallest absolute Gasteiger partial charge is 0.222 e. The van der Waals surface area contributed by atoms with Crippen LogP contribution in [0.3, 0.4) is 0 Å². The van der Waals surface area contributed by atoms with Crippen molar-refractivity contribution in [3.8, 4) is 5.75 Å². The second-order valence-electron chi connectivity index (χ2n) is 6.60. The van der Waals surface area contributed by atoms with Crippen LogP contribution in [0.4, 0.5) is 15.8 Å². The van der Waals surface area contributed by atoms with E-state index in [-0.39, 0.29) is 11.8 Å². The zero-order valence-corrected chi connectivity index (χ0v) is 16.1. The molecular formula is C20H23FN6O2. The van der Waals surface area contributed by atoms with E-state index in [1.54, 1.807) is 19.2 Å². The Bertz CT molecular complexity index is 929. The van der Waals surface area contributed by atoms with Crippen molar-refractivity contribution in [2.24, 2.45) is 15.7 Å². The molecule has 2 aliphatic rings. The third-order valence-corrected chi connectivity index (χ3v) is 4.67. The number of nitrogens with two attached hydrogens (primary N) is 1. The van der Waals surface area contributed by atoms with E-state index in [9.17, 15) is 4.39 Å². The number of hydrogen-bond donors (Lipinski definition) is 2. The first kappa shape index (κ1) is 19.0. The van der Waals surface area contributed by atoms with Gasteiger partial charge in [-0.3, -0.25) is 4.90 Å². The fourth-order valence-electron chi connectivity index (χ4n) is 3.31. The molecule has 152 valence electrons. The van der Waals surface area contributed by atoms with Crippen LogP contribution < -0.4 is 20.7 Å². The maximum Gasteiger partial charge on any atom is 0.222 e. The Balaban J connectivity index is 1.73. The standard InChI is InChI=1S/C20H23FN6O2/c1-28-17-7-3-6-16(13-17)27-19(23-15-5-2-4-14(21)12-15)24-18(22)25-20(27)26-8-10-29-11-9-26/h2-7,12-13,19,23H,8-11H2,1H3,(H2,22,24). The van der Waals surface area contributed by atoms with Crippen molar-refractivity contribution in [2.45, 2.75) is 6.29 Å². The van der Waals surface area contributed by atoms with E-state index < -0.39 is 6.29 Å².